The van der Waals surface area contributed by atoms with Crippen LogP contribution in [0.15, 0.2) is 0 Å². The Labute approximate surface area is 242 Å². The highest BCUT2D eigenvalue weighted by Crippen LogP contribution is 2.68. The smallest absolute Gasteiger partial charge is 0.393 e. The van der Waals surface area contributed by atoms with Crippen LogP contribution in [0, 0.1) is 46.3 Å². The third-order valence-corrected chi connectivity index (χ3v) is 13.9. The maximum atomic E-state index is 12.7. The van der Waals surface area contributed by atoms with Crippen LogP contribution in [0.5, 0.6) is 0 Å². The molecule has 0 radical (unpaired) electrons. The van der Waals surface area contributed by atoms with E-state index in [9.17, 15) is 19.7 Å². The molecule has 3 N–H and O–H groups in total. The number of fused-ring (bicyclic) bond motifs is 5. The molecule has 0 amide bonds. The molecule has 0 spiro atoms. The van der Waals surface area contributed by atoms with E-state index in [-0.39, 0.29) is 12.7 Å². The van der Waals surface area contributed by atoms with Gasteiger partial charge in [0, 0.05) is 0 Å². The first kappa shape index (κ1) is 31.4. The third-order valence-electron chi connectivity index (χ3n) is 12.9. The lowest BCUT2D eigenvalue weighted by atomic mass is 9.44. The molecule has 8 heteroatoms. The lowest BCUT2D eigenvalue weighted by Crippen LogP contribution is -2.54. The van der Waals surface area contributed by atoms with Crippen molar-refractivity contribution in [3.63, 3.8) is 0 Å². The molecule has 1 heterocycles. The van der Waals surface area contributed by atoms with E-state index in [1.807, 2.05) is 6.92 Å². The van der Waals surface area contributed by atoms with Crippen molar-refractivity contribution in [3.05, 3.63) is 0 Å². The zero-order chi connectivity index (χ0) is 28.9. The molecule has 14 atom stereocenters. The van der Waals surface area contributed by atoms with E-state index >= 15 is 0 Å². The summed E-state index contributed by atoms with van der Waals surface area (Å²) in [5.74, 6) is 4.41. The number of ether oxygens (including phenoxy) is 1. The molecular formula is C32H57O7P. The Hall–Kier alpha value is -0.0100. The molecule has 5 unspecified atom stereocenters. The summed E-state index contributed by atoms with van der Waals surface area (Å²) in [5.41, 5.74) is 0.803. The normalized spacial score (nSPS) is 49.1. The highest BCUT2D eigenvalue weighted by molar-refractivity contribution is 7.47. The largest absolute Gasteiger partial charge is 0.472 e. The highest BCUT2D eigenvalue weighted by Gasteiger charge is 2.60. The average Bonchev–Trinajstić information content (AvgIpc) is 3.38. The number of hydrogen-bond acceptors (Lipinski definition) is 6. The van der Waals surface area contributed by atoms with Crippen LogP contribution in [0.3, 0.4) is 0 Å². The van der Waals surface area contributed by atoms with Crippen LogP contribution in [-0.4, -0.2) is 52.2 Å². The van der Waals surface area contributed by atoms with Crippen LogP contribution in [0.2, 0.25) is 0 Å². The number of phosphoric acid groups is 1. The summed E-state index contributed by atoms with van der Waals surface area (Å²) in [4.78, 5) is 10.4. The van der Waals surface area contributed by atoms with Crippen molar-refractivity contribution in [2.75, 3.05) is 6.61 Å². The summed E-state index contributed by atoms with van der Waals surface area (Å²) < 4.78 is 29.3. The molecule has 1 saturated heterocycles. The van der Waals surface area contributed by atoms with Crippen molar-refractivity contribution < 1.29 is 33.5 Å². The van der Waals surface area contributed by atoms with Gasteiger partial charge in [-0.05, 0) is 130 Å². The summed E-state index contributed by atoms with van der Waals surface area (Å²) in [6.45, 7) is 11.5. The number of aliphatic hydroxyl groups is 2. The Balaban J connectivity index is 1.12. The van der Waals surface area contributed by atoms with Gasteiger partial charge < -0.3 is 19.8 Å². The molecule has 4 saturated carbocycles. The molecule has 0 aromatic heterocycles. The predicted molar refractivity (Wildman–Crippen MR) is 156 cm³/mol. The predicted octanol–water partition coefficient (Wildman–Crippen LogP) is 6.87. The first-order chi connectivity index (χ1) is 18.9. The minimum Gasteiger partial charge on any atom is -0.393 e. The van der Waals surface area contributed by atoms with Crippen LogP contribution >= 0.6 is 7.82 Å². The van der Waals surface area contributed by atoms with E-state index in [0.29, 0.717) is 35.0 Å². The van der Waals surface area contributed by atoms with Gasteiger partial charge in [-0.3, -0.25) is 9.05 Å². The first-order valence-corrected chi connectivity index (χ1v) is 18.1. The molecular weight excluding hydrogens is 527 g/mol. The Bertz CT molecular complexity index is 916. The summed E-state index contributed by atoms with van der Waals surface area (Å²) in [5, 5.41) is 20.7. The molecule has 0 aromatic rings. The van der Waals surface area contributed by atoms with Crippen molar-refractivity contribution in [2.45, 2.75) is 149 Å². The Morgan fingerprint density at radius 3 is 2.50 bits per heavy atom. The maximum Gasteiger partial charge on any atom is 0.472 e. The van der Waals surface area contributed by atoms with Crippen LogP contribution in [0.4, 0.5) is 0 Å². The standard InChI is InChI=1S/C32H57O7P/c1-6-8-28-30(29(34)21(3)38-28)39-40(35,36)37-18-7-9-20(2)25-12-13-26-24-11-10-22-19-23(33)14-16-31(22,4)27(24)15-17-32(25,26)5/h20-30,33-34H,6-19H2,1-5H3,(H,35,36)/t20?,21-,22?,23+,24?,25+,26-,27-,28?,29-,30+,31-,32+/m0/s1. The molecule has 5 rings (SSSR count). The fourth-order valence-electron chi connectivity index (χ4n) is 10.7. The highest BCUT2D eigenvalue weighted by atomic mass is 31.2. The van der Waals surface area contributed by atoms with Gasteiger partial charge in [0.15, 0.2) is 0 Å². The lowest BCUT2D eigenvalue weighted by Gasteiger charge is -2.61. The van der Waals surface area contributed by atoms with Crippen LogP contribution in [-0.2, 0) is 18.3 Å². The minimum atomic E-state index is -4.28. The van der Waals surface area contributed by atoms with Crippen molar-refractivity contribution in [3.8, 4) is 0 Å². The number of rotatable bonds is 10. The molecule has 40 heavy (non-hydrogen) atoms. The van der Waals surface area contributed by atoms with Crippen molar-refractivity contribution in [1.29, 1.82) is 0 Å². The molecule has 232 valence electrons. The molecule has 1 aliphatic heterocycles. The summed E-state index contributed by atoms with van der Waals surface area (Å²) in [6, 6.07) is 0. The number of aliphatic hydroxyl groups excluding tert-OH is 2. The van der Waals surface area contributed by atoms with Gasteiger partial charge in [-0.2, -0.15) is 0 Å². The van der Waals surface area contributed by atoms with Gasteiger partial charge in [-0.15, -0.1) is 0 Å². The average molecular weight is 585 g/mol. The maximum absolute atomic E-state index is 12.7. The molecule has 5 fully saturated rings. The Kier molecular flexibility index (Phi) is 9.56. The van der Waals surface area contributed by atoms with Gasteiger partial charge in [0.1, 0.15) is 12.2 Å². The third kappa shape index (κ3) is 5.88. The monoisotopic (exact) mass is 584 g/mol. The summed E-state index contributed by atoms with van der Waals surface area (Å²) in [7, 11) is -4.28. The number of phosphoric ester groups is 1. The molecule has 0 aromatic carbocycles. The fraction of sp³-hybridized carbons (Fsp3) is 1.00. The molecule has 7 nitrogen and oxygen atoms in total. The van der Waals surface area contributed by atoms with E-state index < -0.39 is 32.2 Å². The quantitative estimate of drug-likeness (QED) is 0.190. The molecule has 5 aliphatic rings. The van der Waals surface area contributed by atoms with Gasteiger partial charge in [0.2, 0.25) is 0 Å². The molecule has 4 aliphatic carbocycles. The van der Waals surface area contributed by atoms with Crippen molar-refractivity contribution >= 4 is 7.82 Å². The second-order valence-electron chi connectivity index (χ2n) is 15.0. The van der Waals surface area contributed by atoms with E-state index in [1.54, 1.807) is 6.92 Å². The van der Waals surface area contributed by atoms with E-state index in [4.69, 9.17) is 13.8 Å². The first-order valence-electron chi connectivity index (χ1n) is 16.6. The summed E-state index contributed by atoms with van der Waals surface area (Å²) >= 11 is 0. The van der Waals surface area contributed by atoms with Crippen molar-refractivity contribution in [2.24, 2.45) is 46.3 Å². The van der Waals surface area contributed by atoms with Gasteiger partial charge >= 0.3 is 7.82 Å². The Morgan fingerprint density at radius 2 is 1.75 bits per heavy atom. The van der Waals surface area contributed by atoms with Gasteiger partial charge in [0.25, 0.3) is 0 Å². The zero-order valence-electron chi connectivity index (χ0n) is 25.7. The van der Waals surface area contributed by atoms with Crippen LogP contribution < -0.4 is 0 Å². The fourth-order valence-corrected chi connectivity index (χ4v) is 11.7. The van der Waals surface area contributed by atoms with Gasteiger partial charge in [-0.1, -0.05) is 34.1 Å². The zero-order valence-corrected chi connectivity index (χ0v) is 26.6. The Morgan fingerprint density at radius 1 is 1.02 bits per heavy atom. The van der Waals surface area contributed by atoms with E-state index in [1.165, 1.54) is 44.9 Å². The van der Waals surface area contributed by atoms with Crippen molar-refractivity contribution in [1.82, 2.24) is 0 Å². The lowest BCUT2D eigenvalue weighted by molar-refractivity contribution is -0.129. The number of hydrogen-bond donors (Lipinski definition) is 3. The minimum absolute atomic E-state index is 0.0829. The topological polar surface area (TPSA) is 105 Å². The second kappa shape index (κ2) is 12.2. The van der Waals surface area contributed by atoms with Crippen LogP contribution in [0.1, 0.15) is 118 Å². The second-order valence-corrected chi connectivity index (χ2v) is 16.4. The van der Waals surface area contributed by atoms with E-state index in [0.717, 1.165) is 49.9 Å². The van der Waals surface area contributed by atoms with Gasteiger partial charge in [0.05, 0.1) is 24.9 Å². The van der Waals surface area contributed by atoms with Crippen LogP contribution in [0.25, 0.3) is 0 Å². The SMILES string of the molecule is CCCC1O[C@@H](C)[C@H](O)[C@@H]1OP(=O)(O)OCCCC(C)[C@H]1CC[C@H]2C3CCC4C[C@H](O)CC[C@]4(C)[C@H]3CC[C@]12C. The van der Waals surface area contributed by atoms with E-state index in [2.05, 4.69) is 20.8 Å². The summed E-state index contributed by atoms with van der Waals surface area (Å²) in [6.07, 6.45) is 11.7. The molecule has 0 bridgehead atoms. The van der Waals surface area contributed by atoms with Gasteiger partial charge in [-0.25, -0.2) is 4.57 Å².